The first-order chi connectivity index (χ1) is 8.75. The van der Waals surface area contributed by atoms with Crippen LogP contribution in [0.5, 0.6) is 0 Å². The van der Waals surface area contributed by atoms with E-state index in [1.165, 1.54) is 7.11 Å². The van der Waals surface area contributed by atoms with Crippen molar-refractivity contribution in [1.29, 1.82) is 0 Å². The molecule has 1 unspecified atom stereocenters. The number of rotatable bonds is 3. The Morgan fingerprint density at radius 1 is 1.37 bits per heavy atom. The quantitative estimate of drug-likeness (QED) is 0.739. The lowest BCUT2D eigenvalue weighted by atomic mass is 9.80. The van der Waals surface area contributed by atoms with Crippen molar-refractivity contribution in [3.63, 3.8) is 0 Å². The number of ether oxygens (including phenoxy) is 1. The molecule has 1 aliphatic heterocycles. The molecule has 1 heterocycles. The van der Waals surface area contributed by atoms with E-state index < -0.39 is 0 Å². The molecule has 0 aromatic heterocycles. The Bertz CT molecular complexity index is 333. The summed E-state index contributed by atoms with van der Waals surface area (Å²) < 4.78 is 4.78. The zero-order chi connectivity index (χ0) is 14.6. The van der Waals surface area contributed by atoms with Crippen molar-refractivity contribution in [3.8, 4) is 0 Å². The molecule has 1 saturated heterocycles. The number of methoxy groups -OCH3 is 1. The highest BCUT2D eigenvalue weighted by atomic mass is 16.5. The van der Waals surface area contributed by atoms with Gasteiger partial charge in [-0.2, -0.15) is 0 Å². The van der Waals surface area contributed by atoms with E-state index >= 15 is 0 Å². The fourth-order valence-electron chi connectivity index (χ4n) is 2.26. The minimum atomic E-state index is -0.193. The number of carbonyl (C=O) groups excluding carboxylic acids is 2. The van der Waals surface area contributed by atoms with Crippen LogP contribution in [0.3, 0.4) is 0 Å². The van der Waals surface area contributed by atoms with Gasteiger partial charge in [-0.05, 0) is 24.2 Å². The molecule has 0 radical (unpaired) electrons. The van der Waals surface area contributed by atoms with E-state index in [0.717, 1.165) is 19.4 Å². The van der Waals surface area contributed by atoms with Gasteiger partial charge in [0.1, 0.15) is 0 Å². The summed E-state index contributed by atoms with van der Waals surface area (Å²) in [4.78, 5) is 25.7. The molecule has 110 valence electrons. The Labute approximate surface area is 116 Å². The summed E-state index contributed by atoms with van der Waals surface area (Å²) >= 11 is 0. The highest BCUT2D eigenvalue weighted by Crippen LogP contribution is 2.29. The summed E-state index contributed by atoms with van der Waals surface area (Å²) in [6, 6.07) is 0. The summed E-state index contributed by atoms with van der Waals surface area (Å²) in [7, 11) is 1.41. The van der Waals surface area contributed by atoms with Gasteiger partial charge in [-0.15, -0.1) is 0 Å². The van der Waals surface area contributed by atoms with E-state index in [1.54, 1.807) is 0 Å². The molecule has 0 aromatic rings. The molecule has 0 aromatic carbocycles. The van der Waals surface area contributed by atoms with Gasteiger partial charge in [-0.25, -0.2) is 0 Å². The van der Waals surface area contributed by atoms with Crippen molar-refractivity contribution in [1.82, 2.24) is 4.90 Å². The van der Waals surface area contributed by atoms with Crippen LogP contribution in [0.15, 0.2) is 0 Å². The molecule has 0 bridgehead atoms. The highest BCUT2D eigenvalue weighted by Gasteiger charge is 2.31. The second-order valence-electron chi connectivity index (χ2n) is 6.67. The number of nitrogens with zero attached hydrogens (tertiary/aromatic N) is 1. The Morgan fingerprint density at radius 2 is 2.00 bits per heavy atom. The van der Waals surface area contributed by atoms with Crippen molar-refractivity contribution < 1.29 is 14.3 Å². The van der Waals surface area contributed by atoms with Gasteiger partial charge in [0.25, 0.3) is 0 Å². The summed E-state index contributed by atoms with van der Waals surface area (Å²) in [5, 5.41) is 0. The number of hydrogen-bond donors (Lipinski definition) is 0. The summed E-state index contributed by atoms with van der Waals surface area (Å²) in [5.74, 6) is 0.156. The van der Waals surface area contributed by atoms with Crippen LogP contribution >= 0.6 is 0 Å². The number of carbonyl (C=O) groups is 2. The summed E-state index contributed by atoms with van der Waals surface area (Å²) in [6.07, 6.45) is 2.26. The Hall–Kier alpha value is -1.06. The first-order valence-electron chi connectivity index (χ1n) is 7.11. The van der Waals surface area contributed by atoms with Crippen molar-refractivity contribution in [2.24, 2.45) is 17.3 Å². The molecule has 1 aliphatic rings. The smallest absolute Gasteiger partial charge is 0.310 e. The van der Waals surface area contributed by atoms with Crippen LogP contribution in [-0.4, -0.2) is 37.0 Å². The van der Waals surface area contributed by atoms with Gasteiger partial charge in [-0.1, -0.05) is 27.7 Å². The van der Waals surface area contributed by atoms with Crippen molar-refractivity contribution in [3.05, 3.63) is 0 Å². The van der Waals surface area contributed by atoms with Crippen LogP contribution in [0.1, 0.15) is 47.0 Å². The number of likely N-dealkylation sites (tertiary alicyclic amines) is 1. The third-order valence-electron chi connectivity index (χ3n) is 4.27. The summed E-state index contributed by atoms with van der Waals surface area (Å²) in [6.45, 7) is 9.85. The molecule has 0 aliphatic carbocycles. The average molecular weight is 269 g/mol. The van der Waals surface area contributed by atoms with Crippen molar-refractivity contribution in [2.45, 2.75) is 47.0 Å². The maximum atomic E-state index is 12.3. The van der Waals surface area contributed by atoms with E-state index in [-0.39, 0.29) is 23.2 Å². The van der Waals surface area contributed by atoms with E-state index in [9.17, 15) is 9.59 Å². The number of amides is 1. The lowest BCUT2D eigenvalue weighted by Gasteiger charge is -2.34. The standard InChI is InChI=1S/C15H27NO3/c1-11(15(2,3)4)9-13(17)16-8-6-7-12(10-16)14(18)19-5/h11-12H,6-10H2,1-5H3/t11?,12-/m0/s1. The molecular weight excluding hydrogens is 242 g/mol. The van der Waals surface area contributed by atoms with Crippen LogP contribution < -0.4 is 0 Å². The van der Waals surface area contributed by atoms with Gasteiger partial charge >= 0.3 is 5.97 Å². The van der Waals surface area contributed by atoms with Crippen LogP contribution in [0.4, 0.5) is 0 Å². The zero-order valence-electron chi connectivity index (χ0n) is 12.9. The highest BCUT2D eigenvalue weighted by molar-refractivity contribution is 5.78. The molecule has 0 saturated carbocycles. The van der Waals surface area contributed by atoms with Crippen molar-refractivity contribution in [2.75, 3.05) is 20.2 Å². The Morgan fingerprint density at radius 3 is 2.53 bits per heavy atom. The second-order valence-corrected chi connectivity index (χ2v) is 6.67. The van der Waals surface area contributed by atoms with E-state index in [1.807, 2.05) is 4.90 Å². The van der Waals surface area contributed by atoms with E-state index in [0.29, 0.717) is 18.9 Å². The van der Waals surface area contributed by atoms with Gasteiger partial charge in [0, 0.05) is 19.5 Å². The lowest BCUT2D eigenvalue weighted by Crippen LogP contribution is -2.43. The number of piperidine rings is 1. The van der Waals surface area contributed by atoms with Gasteiger partial charge in [-0.3, -0.25) is 9.59 Å². The molecule has 4 nitrogen and oxygen atoms in total. The maximum absolute atomic E-state index is 12.3. The molecule has 0 spiro atoms. The molecule has 1 fully saturated rings. The predicted octanol–water partition coefficient (Wildman–Crippen LogP) is 2.47. The van der Waals surface area contributed by atoms with Gasteiger partial charge in [0.2, 0.25) is 5.91 Å². The lowest BCUT2D eigenvalue weighted by molar-refractivity contribution is -0.149. The number of esters is 1. The first-order valence-corrected chi connectivity index (χ1v) is 7.11. The van der Waals surface area contributed by atoms with Crippen LogP contribution in [-0.2, 0) is 14.3 Å². The van der Waals surface area contributed by atoms with E-state index in [2.05, 4.69) is 27.7 Å². The van der Waals surface area contributed by atoms with Crippen LogP contribution in [0.25, 0.3) is 0 Å². The third-order valence-corrected chi connectivity index (χ3v) is 4.27. The van der Waals surface area contributed by atoms with Crippen LogP contribution in [0.2, 0.25) is 0 Å². The van der Waals surface area contributed by atoms with Gasteiger partial charge in [0.15, 0.2) is 0 Å². The zero-order valence-corrected chi connectivity index (χ0v) is 12.9. The summed E-state index contributed by atoms with van der Waals surface area (Å²) in [5.41, 5.74) is 0.132. The average Bonchev–Trinajstić information content (AvgIpc) is 2.36. The Kier molecular flexibility index (Phi) is 5.39. The second kappa shape index (κ2) is 6.40. The maximum Gasteiger partial charge on any atom is 0.310 e. The third kappa shape index (κ3) is 4.51. The largest absolute Gasteiger partial charge is 0.469 e. The molecule has 2 atom stereocenters. The van der Waals surface area contributed by atoms with Crippen molar-refractivity contribution >= 4 is 11.9 Å². The molecule has 19 heavy (non-hydrogen) atoms. The molecule has 4 heteroatoms. The van der Waals surface area contributed by atoms with Crippen LogP contribution in [0, 0.1) is 17.3 Å². The first kappa shape index (κ1) is 16.0. The van der Waals surface area contributed by atoms with Gasteiger partial charge < -0.3 is 9.64 Å². The Balaban J connectivity index is 2.55. The topological polar surface area (TPSA) is 46.6 Å². The van der Waals surface area contributed by atoms with Gasteiger partial charge in [0.05, 0.1) is 13.0 Å². The normalized spacial score (nSPS) is 21.9. The predicted molar refractivity (Wildman–Crippen MR) is 74.6 cm³/mol. The number of hydrogen-bond acceptors (Lipinski definition) is 3. The molecule has 0 N–H and O–H groups in total. The molecule has 1 rings (SSSR count). The minimum absolute atomic E-state index is 0.132. The minimum Gasteiger partial charge on any atom is -0.469 e. The fraction of sp³-hybridized carbons (Fsp3) is 0.867. The molecule has 1 amide bonds. The monoisotopic (exact) mass is 269 g/mol. The SMILES string of the molecule is COC(=O)[C@H]1CCCN(C(=O)CC(C)C(C)(C)C)C1. The van der Waals surface area contributed by atoms with E-state index in [4.69, 9.17) is 4.74 Å². The molecular formula is C15H27NO3. The fourth-order valence-corrected chi connectivity index (χ4v) is 2.26.